The van der Waals surface area contributed by atoms with E-state index >= 15 is 0 Å². The molecule has 0 radical (unpaired) electrons. The molecule has 0 saturated carbocycles. The third-order valence-electron chi connectivity index (χ3n) is 4.40. The lowest BCUT2D eigenvalue weighted by atomic mass is 10.2. The van der Waals surface area contributed by atoms with Gasteiger partial charge in [0.2, 0.25) is 0 Å². The molecule has 2 amide bonds. The topological polar surface area (TPSA) is 83.2 Å². The van der Waals surface area contributed by atoms with Crippen LogP contribution in [0.1, 0.15) is 16.1 Å². The monoisotopic (exact) mass is 385 g/mol. The van der Waals surface area contributed by atoms with Crippen molar-refractivity contribution in [3.05, 3.63) is 96.2 Å². The van der Waals surface area contributed by atoms with Crippen molar-refractivity contribution in [2.24, 2.45) is 0 Å². The van der Waals surface area contributed by atoms with Gasteiger partial charge in [0.25, 0.3) is 5.91 Å². The molecule has 29 heavy (non-hydrogen) atoms. The summed E-state index contributed by atoms with van der Waals surface area (Å²) >= 11 is 0. The Labute approximate surface area is 167 Å². The van der Waals surface area contributed by atoms with Gasteiger partial charge in [-0.15, -0.1) is 0 Å². The first-order chi connectivity index (χ1) is 14.2. The van der Waals surface area contributed by atoms with Crippen molar-refractivity contribution >= 4 is 34.3 Å². The maximum atomic E-state index is 12.6. The highest BCUT2D eigenvalue weighted by atomic mass is 16.5. The fourth-order valence-corrected chi connectivity index (χ4v) is 2.96. The Hall–Kier alpha value is -4.06. The van der Waals surface area contributed by atoms with E-state index in [1.165, 1.54) is 0 Å². The molecule has 0 atom stereocenters. The van der Waals surface area contributed by atoms with E-state index in [1.807, 2.05) is 54.6 Å². The van der Waals surface area contributed by atoms with E-state index in [1.54, 1.807) is 30.3 Å². The molecule has 1 aromatic heterocycles. The van der Waals surface area contributed by atoms with Crippen LogP contribution >= 0.6 is 0 Å². The van der Waals surface area contributed by atoms with Crippen LogP contribution in [0.5, 0.6) is 0 Å². The SMILES string of the molecule is O=C(Nc1ccccc1NC(=O)c1cc2ccccc2[nH]1)OCc1ccccc1. The van der Waals surface area contributed by atoms with Crippen LogP contribution in [-0.2, 0) is 11.3 Å². The third kappa shape index (κ3) is 4.44. The predicted molar refractivity (Wildman–Crippen MR) is 113 cm³/mol. The van der Waals surface area contributed by atoms with Crippen LogP contribution in [0.4, 0.5) is 16.2 Å². The van der Waals surface area contributed by atoms with E-state index in [2.05, 4.69) is 15.6 Å². The van der Waals surface area contributed by atoms with E-state index in [4.69, 9.17) is 4.74 Å². The summed E-state index contributed by atoms with van der Waals surface area (Å²) in [5.41, 5.74) is 3.15. The average molecular weight is 385 g/mol. The Bertz CT molecular complexity index is 1120. The number of aromatic amines is 1. The predicted octanol–water partition coefficient (Wildman–Crippen LogP) is 5.17. The second kappa shape index (κ2) is 8.31. The molecule has 0 aliphatic carbocycles. The molecule has 0 bridgehead atoms. The Balaban J connectivity index is 1.43. The van der Waals surface area contributed by atoms with Gasteiger partial charge in [-0.2, -0.15) is 0 Å². The highest BCUT2D eigenvalue weighted by Gasteiger charge is 2.13. The summed E-state index contributed by atoms with van der Waals surface area (Å²) in [6.45, 7) is 0.163. The van der Waals surface area contributed by atoms with Gasteiger partial charge in [-0.3, -0.25) is 10.1 Å². The normalized spacial score (nSPS) is 10.5. The Morgan fingerprint density at radius 2 is 1.45 bits per heavy atom. The molecule has 0 saturated heterocycles. The minimum Gasteiger partial charge on any atom is -0.444 e. The molecule has 1 heterocycles. The Morgan fingerprint density at radius 1 is 0.793 bits per heavy atom. The Morgan fingerprint density at radius 3 is 2.21 bits per heavy atom. The number of anilines is 2. The van der Waals surface area contributed by atoms with Gasteiger partial charge >= 0.3 is 6.09 Å². The largest absolute Gasteiger partial charge is 0.444 e. The first-order valence-electron chi connectivity index (χ1n) is 9.15. The highest BCUT2D eigenvalue weighted by Crippen LogP contribution is 2.23. The van der Waals surface area contributed by atoms with Gasteiger partial charge in [0, 0.05) is 10.9 Å². The number of nitrogens with one attached hydrogen (secondary N) is 3. The minimum atomic E-state index is -0.596. The average Bonchev–Trinajstić information content (AvgIpc) is 3.19. The number of aromatic nitrogens is 1. The van der Waals surface area contributed by atoms with Gasteiger partial charge in [0.05, 0.1) is 11.4 Å². The summed E-state index contributed by atoms with van der Waals surface area (Å²) in [6, 6.07) is 25.8. The van der Waals surface area contributed by atoms with Crippen LogP contribution in [-0.4, -0.2) is 17.0 Å². The zero-order chi connectivity index (χ0) is 20.1. The summed E-state index contributed by atoms with van der Waals surface area (Å²) in [6.07, 6.45) is -0.596. The number of ether oxygens (including phenoxy) is 1. The summed E-state index contributed by atoms with van der Waals surface area (Å²) in [7, 11) is 0. The molecule has 4 aromatic rings. The number of amides is 2. The van der Waals surface area contributed by atoms with Gasteiger partial charge in [0.15, 0.2) is 0 Å². The second-order valence-corrected chi connectivity index (χ2v) is 6.46. The van der Waals surface area contributed by atoms with Crippen molar-refractivity contribution in [3.8, 4) is 0 Å². The molecule has 0 spiro atoms. The molecular formula is C23H19N3O3. The van der Waals surface area contributed by atoms with Crippen LogP contribution in [0.2, 0.25) is 0 Å². The van der Waals surface area contributed by atoms with Gasteiger partial charge in [-0.1, -0.05) is 60.7 Å². The third-order valence-corrected chi connectivity index (χ3v) is 4.40. The van der Waals surface area contributed by atoms with Gasteiger partial charge in [-0.25, -0.2) is 4.79 Å². The van der Waals surface area contributed by atoms with Crippen LogP contribution in [0.15, 0.2) is 84.9 Å². The van der Waals surface area contributed by atoms with Crippen molar-refractivity contribution in [3.63, 3.8) is 0 Å². The maximum Gasteiger partial charge on any atom is 0.412 e. The smallest absolute Gasteiger partial charge is 0.412 e. The van der Waals surface area contributed by atoms with Gasteiger partial charge in [0.1, 0.15) is 12.3 Å². The zero-order valence-electron chi connectivity index (χ0n) is 15.5. The number of carbonyl (C=O) groups excluding carboxylic acids is 2. The van der Waals surface area contributed by atoms with E-state index in [-0.39, 0.29) is 12.5 Å². The van der Waals surface area contributed by atoms with Crippen molar-refractivity contribution < 1.29 is 14.3 Å². The summed E-state index contributed by atoms with van der Waals surface area (Å²) in [5.74, 6) is -0.298. The minimum absolute atomic E-state index is 0.163. The molecule has 0 unspecified atom stereocenters. The molecule has 0 fully saturated rings. The molecule has 3 aromatic carbocycles. The zero-order valence-corrected chi connectivity index (χ0v) is 15.5. The van der Waals surface area contributed by atoms with Gasteiger partial charge < -0.3 is 15.0 Å². The first kappa shape index (κ1) is 18.3. The lowest BCUT2D eigenvalue weighted by Gasteiger charge is -2.12. The van der Waals surface area contributed by atoms with Crippen molar-refractivity contribution in [1.29, 1.82) is 0 Å². The highest BCUT2D eigenvalue weighted by molar-refractivity contribution is 6.08. The van der Waals surface area contributed by atoms with Crippen LogP contribution in [0.3, 0.4) is 0 Å². The van der Waals surface area contributed by atoms with Gasteiger partial charge in [-0.05, 0) is 29.8 Å². The number of H-pyrrole nitrogens is 1. The number of fused-ring (bicyclic) bond motifs is 1. The van der Waals surface area contributed by atoms with Crippen LogP contribution in [0, 0.1) is 0 Å². The quantitative estimate of drug-likeness (QED) is 0.443. The molecule has 6 heteroatoms. The van der Waals surface area contributed by atoms with E-state index < -0.39 is 6.09 Å². The summed E-state index contributed by atoms with van der Waals surface area (Å²) in [4.78, 5) is 27.9. The number of benzene rings is 3. The number of para-hydroxylation sites is 3. The summed E-state index contributed by atoms with van der Waals surface area (Å²) < 4.78 is 5.25. The lowest BCUT2D eigenvalue weighted by molar-refractivity contribution is 0.102. The number of hydrogen-bond acceptors (Lipinski definition) is 3. The van der Waals surface area contributed by atoms with Crippen molar-refractivity contribution in [2.45, 2.75) is 6.61 Å². The van der Waals surface area contributed by atoms with E-state index in [0.717, 1.165) is 16.5 Å². The number of hydrogen-bond donors (Lipinski definition) is 3. The van der Waals surface area contributed by atoms with E-state index in [9.17, 15) is 9.59 Å². The van der Waals surface area contributed by atoms with Crippen LogP contribution in [0.25, 0.3) is 10.9 Å². The second-order valence-electron chi connectivity index (χ2n) is 6.46. The molecule has 0 aliphatic heterocycles. The molecular weight excluding hydrogens is 366 g/mol. The molecule has 6 nitrogen and oxygen atoms in total. The number of carbonyl (C=O) groups is 2. The summed E-state index contributed by atoms with van der Waals surface area (Å²) in [5, 5.41) is 6.46. The van der Waals surface area contributed by atoms with Crippen molar-refractivity contribution in [2.75, 3.05) is 10.6 Å². The maximum absolute atomic E-state index is 12.6. The number of rotatable bonds is 5. The van der Waals surface area contributed by atoms with Crippen molar-refractivity contribution in [1.82, 2.24) is 4.98 Å². The fraction of sp³-hybridized carbons (Fsp3) is 0.0435. The lowest BCUT2D eigenvalue weighted by Crippen LogP contribution is -2.17. The fourth-order valence-electron chi connectivity index (χ4n) is 2.96. The molecule has 3 N–H and O–H groups in total. The molecule has 144 valence electrons. The van der Waals surface area contributed by atoms with E-state index in [0.29, 0.717) is 17.1 Å². The standard InChI is InChI=1S/C23H19N3O3/c27-22(21-14-17-10-4-5-11-18(17)24-21)25-19-12-6-7-13-20(19)26-23(28)29-15-16-8-2-1-3-9-16/h1-14,24H,15H2,(H,25,27)(H,26,28). The Kier molecular flexibility index (Phi) is 5.25. The first-order valence-corrected chi connectivity index (χ1v) is 9.15. The van der Waals surface area contributed by atoms with Crippen LogP contribution < -0.4 is 10.6 Å². The molecule has 4 rings (SSSR count). The molecule has 0 aliphatic rings.